The number of nitrogens with one attached hydrogen (secondary N) is 1. The molecule has 184 valence electrons. The molecule has 36 heavy (non-hydrogen) atoms. The third-order valence-electron chi connectivity index (χ3n) is 6.18. The fourth-order valence-corrected chi connectivity index (χ4v) is 4.26. The quantitative estimate of drug-likeness (QED) is 0.379. The molecule has 8 nitrogen and oxygen atoms in total. The summed E-state index contributed by atoms with van der Waals surface area (Å²) in [5, 5.41) is 4.21. The molecule has 0 fully saturated rings. The fourth-order valence-electron chi connectivity index (χ4n) is 4.26. The van der Waals surface area contributed by atoms with Crippen molar-refractivity contribution in [2.24, 2.45) is 14.1 Å². The summed E-state index contributed by atoms with van der Waals surface area (Å²) >= 11 is 0. The van der Waals surface area contributed by atoms with Crippen LogP contribution in [0.2, 0.25) is 0 Å². The summed E-state index contributed by atoms with van der Waals surface area (Å²) in [5.74, 6) is 1.11. The summed E-state index contributed by atoms with van der Waals surface area (Å²) in [7, 11) is 3.24. The second kappa shape index (κ2) is 8.63. The first kappa shape index (κ1) is 23.3. The predicted octanol–water partition coefficient (Wildman–Crippen LogP) is 4.90. The van der Waals surface area contributed by atoms with Crippen molar-refractivity contribution in [2.45, 2.75) is 20.4 Å². The van der Waals surface area contributed by atoms with Gasteiger partial charge in [-0.1, -0.05) is 18.2 Å². The standard InChI is InChI=1S/C26H23F2N5O3/c1-14-6-5-7-15(2)24(14)36-21-13-31(3)22(34)9-17(21)19-12-32(4)25(35)23-18(19)8-20(30-23)16-10-29-33(11-16)26(27)28/h5-13,26,30H,1-4H3. The zero-order chi connectivity index (χ0) is 25.7. The average molecular weight is 491 g/mol. The highest BCUT2D eigenvalue weighted by molar-refractivity contribution is 5.98. The Kier molecular flexibility index (Phi) is 5.58. The number of aromatic nitrogens is 5. The lowest BCUT2D eigenvalue weighted by Crippen LogP contribution is -2.18. The van der Waals surface area contributed by atoms with Crippen LogP contribution in [0.4, 0.5) is 8.78 Å². The molecular formula is C26H23F2N5O3. The van der Waals surface area contributed by atoms with Gasteiger partial charge in [0.15, 0.2) is 5.75 Å². The van der Waals surface area contributed by atoms with Gasteiger partial charge in [0.2, 0.25) is 0 Å². The number of benzene rings is 1. The van der Waals surface area contributed by atoms with Gasteiger partial charge in [-0.2, -0.15) is 13.9 Å². The number of aryl methyl sites for hydroxylation is 4. The zero-order valence-electron chi connectivity index (χ0n) is 20.0. The molecule has 1 N–H and O–H groups in total. The highest BCUT2D eigenvalue weighted by Crippen LogP contribution is 2.38. The Morgan fingerprint density at radius 2 is 1.69 bits per heavy atom. The normalized spacial score (nSPS) is 11.5. The molecule has 0 aliphatic heterocycles. The van der Waals surface area contributed by atoms with Crippen LogP contribution in [0, 0.1) is 13.8 Å². The number of nitrogens with zero attached hydrogens (tertiary/aromatic N) is 4. The number of H-pyrrole nitrogens is 1. The van der Waals surface area contributed by atoms with E-state index in [1.807, 2.05) is 32.0 Å². The van der Waals surface area contributed by atoms with Gasteiger partial charge in [0.25, 0.3) is 11.1 Å². The van der Waals surface area contributed by atoms with Gasteiger partial charge in [-0.25, -0.2) is 4.68 Å². The summed E-state index contributed by atoms with van der Waals surface area (Å²) in [5.41, 5.74) is 3.49. The van der Waals surface area contributed by atoms with Gasteiger partial charge in [-0.15, -0.1) is 0 Å². The maximum atomic E-state index is 13.0. The lowest BCUT2D eigenvalue weighted by Gasteiger charge is -2.17. The average Bonchev–Trinajstić information content (AvgIpc) is 3.49. The molecule has 0 bridgehead atoms. The van der Waals surface area contributed by atoms with E-state index in [0.29, 0.717) is 44.0 Å². The van der Waals surface area contributed by atoms with Crippen molar-refractivity contribution < 1.29 is 13.5 Å². The van der Waals surface area contributed by atoms with Gasteiger partial charge in [-0.3, -0.25) is 9.59 Å². The van der Waals surface area contributed by atoms with Gasteiger partial charge in [0.05, 0.1) is 12.4 Å². The summed E-state index contributed by atoms with van der Waals surface area (Å²) < 4.78 is 35.8. The smallest absolute Gasteiger partial charge is 0.333 e. The minimum Gasteiger partial charge on any atom is -0.455 e. The summed E-state index contributed by atoms with van der Waals surface area (Å²) in [6.07, 6.45) is 5.75. The van der Waals surface area contributed by atoms with Gasteiger partial charge in [0, 0.05) is 60.3 Å². The molecule has 4 aromatic heterocycles. The topological polar surface area (TPSA) is 86.8 Å². The van der Waals surface area contributed by atoms with Crippen LogP contribution < -0.4 is 15.9 Å². The Morgan fingerprint density at radius 3 is 2.36 bits per heavy atom. The first-order valence-corrected chi connectivity index (χ1v) is 11.1. The Balaban J connectivity index is 1.74. The molecule has 10 heteroatoms. The van der Waals surface area contributed by atoms with E-state index in [4.69, 9.17) is 4.74 Å². The van der Waals surface area contributed by atoms with Crippen LogP contribution in [0.5, 0.6) is 11.5 Å². The number of rotatable bonds is 5. The van der Waals surface area contributed by atoms with E-state index in [1.165, 1.54) is 27.6 Å². The molecule has 0 spiro atoms. The fraction of sp³-hybridized carbons (Fsp3) is 0.192. The summed E-state index contributed by atoms with van der Waals surface area (Å²) in [6, 6.07) is 8.97. The molecule has 0 radical (unpaired) electrons. The van der Waals surface area contributed by atoms with E-state index in [-0.39, 0.29) is 16.6 Å². The van der Waals surface area contributed by atoms with E-state index in [0.717, 1.165) is 11.1 Å². The van der Waals surface area contributed by atoms with Crippen molar-refractivity contribution >= 4 is 10.9 Å². The molecule has 0 atom stereocenters. The number of alkyl halides is 2. The largest absolute Gasteiger partial charge is 0.455 e. The van der Waals surface area contributed by atoms with Crippen molar-refractivity contribution in [2.75, 3.05) is 0 Å². The molecule has 4 heterocycles. The van der Waals surface area contributed by atoms with E-state index in [9.17, 15) is 18.4 Å². The molecule has 0 aliphatic carbocycles. The molecule has 1 aromatic carbocycles. The lowest BCUT2D eigenvalue weighted by molar-refractivity contribution is 0.0566. The Bertz CT molecular complexity index is 1720. The van der Waals surface area contributed by atoms with Gasteiger partial charge in [-0.05, 0) is 31.0 Å². The van der Waals surface area contributed by atoms with Crippen molar-refractivity contribution in [3.8, 4) is 33.9 Å². The summed E-state index contributed by atoms with van der Waals surface area (Å²) in [6.45, 7) is 1.09. The first-order valence-electron chi connectivity index (χ1n) is 11.1. The second-order valence-corrected chi connectivity index (χ2v) is 8.74. The third kappa shape index (κ3) is 3.90. The molecular weight excluding hydrogens is 468 g/mol. The lowest BCUT2D eigenvalue weighted by atomic mass is 10.0. The monoisotopic (exact) mass is 491 g/mol. The van der Waals surface area contributed by atoms with Crippen LogP contribution >= 0.6 is 0 Å². The Morgan fingerprint density at radius 1 is 0.972 bits per heavy atom. The summed E-state index contributed by atoms with van der Waals surface area (Å²) in [4.78, 5) is 28.7. The van der Waals surface area contributed by atoms with E-state index < -0.39 is 6.55 Å². The number of para-hydroxylation sites is 1. The second-order valence-electron chi connectivity index (χ2n) is 8.74. The van der Waals surface area contributed by atoms with Crippen LogP contribution in [0.1, 0.15) is 17.7 Å². The van der Waals surface area contributed by atoms with Crippen LogP contribution in [-0.2, 0) is 14.1 Å². The van der Waals surface area contributed by atoms with Crippen LogP contribution in [0.25, 0.3) is 33.3 Å². The number of halogens is 2. The Hall–Kier alpha value is -4.47. The predicted molar refractivity (Wildman–Crippen MR) is 133 cm³/mol. The molecule has 5 rings (SSSR count). The van der Waals surface area contributed by atoms with Crippen molar-refractivity contribution in [1.29, 1.82) is 0 Å². The molecule has 0 saturated heterocycles. The highest BCUT2D eigenvalue weighted by atomic mass is 19.3. The number of hydrogen-bond acceptors (Lipinski definition) is 4. The van der Waals surface area contributed by atoms with Crippen LogP contribution in [0.3, 0.4) is 0 Å². The minimum absolute atomic E-state index is 0.255. The maximum absolute atomic E-state index is 13.0. The maximum Gasteiger partial charge on any atom is 0.333 e. The van der Waals surface area contributed by atoms with Gasteiger partial charge >= 0.3 is 6.55 Å². The Labute approximate surface area is 204 Å². The number of fused-ring (bicyclic) bond motifs is 1. The van der Waals surface area contributed by atoms with E-state index in [1.54, 1.807) is 32.6 Å². The molecule has 0 unspecified atom stereocenters. The van der Waals surface area contributed by atoms with Gasteiger partial charge < -0.3 is 18.9 Å². The number of hydrogen-bond donors (Lipinski definition) is 1. The molecule has 5 aromatic rings. The van der Waals surface area contributed by atoms with E-state index in [2.05, 4.69) is 10.1 Å². The molecule has 0 amide bonds. The van der Waals surface area contributed by atoms with Crippen LogP contribution in [0.15, 0.2) is 64.7 Å². The van der Waals surface area contributed by atoms with Crippen molar-refractivity contribution in [3.63, 3.8) is 0 Å². The highest BCUT2D eigenvalue weighted by Gasteiger charge is 2.20. The number of pyridine rings is 2. The zero-order valence-corrected chi connectivity index (χ0v) is 20.0. The van der Waals surface area contributed by atoms with E-state index >= 15 is 0 Å². The minimum atomic E-state index is -2.78. The van der Waals surface area contributed by atoms with Crippen molar-refractivity contribution in [3.05, 3.63) is 87.0 Å². The third-order valence-corrected chi connectivity index (χ3v) is 6.18. The SMILES string of the molecule is Cc1cccc(C)c1Oc1cn(C)c(=O)cc1-c1cn(C)c(=O)c2[nH]c(-c3cnn(C(F)F)c3)cc12. The van der Waals surface area contributed by atoms with Crippen molar-refractivity contribution in [1.82, 2.24) is 23.9 Å². The number of ether oxygens (including phenoxy) is 1. The van der Waals surface area contributed by atoms with Crippen LogP contribution in [-0.4, -0.2) is 23.9 Å². The number of aromatic amines is 1. The first-order chi connectivity index (χ1) is 17.1. The molecule has 0 aliphatic rings. The molecule has 0 saturated carbocycles. The van der Waals surface area contributed by atoms with Gasteiger partial charge in [0.1, 0.15) is 11.3 Å².